The second-order valence-electron chi connectivity index (χ2n) is 1.82. The van der Waals surface area contributed by atoms with Crippen LogP contribution in [-0.2, 0) is 4.79 Å². The van der Waals surface area contributed by atoms with E-state index in [9.17, 15) is 9.59 Å². The molecule has 0 aromatic carbocycles. The van der Waals surface area contributed by atoms with Crippen LogP contribution in [0.25, 0.3) is 0 Å². The van der Waals surface area contributed by atoms with Gasteiger partial charge in [-0.25, -0.2) is 4.79 Å². The van der Waals surface area contributed by atoms with Crippen LogP contribution in [0.3, 0.4) is 0 Å². The fourth-order valence-electron chi connectivity index (χ4n) is 0.610. The van der Waals surface area contributed by atoms with Gasteiger partial charge in [0.1, 0.15) is 5.70 Å². The van der Waals surface area contributed by atoms with Crippen molar-refractivity contribution < 1.29 is 9.59 Å². The van der Waals surface area contributed by atoms with Crippen LogP contribution in [0.2, 0.25) is 0 Å². The first kappa shape index (κ1) is 7.27. The molecule has 1 fully saturated rings. The minimum Gasteiger partial charge on any atom is -0.302 e. The fraction of sp³-hybridized carbons (Fsp3) is 0.200. The number of amides is 3. The zero-order valence-electron chi connectivity index (χ0n) is 5.19. The molecule has 10 heavy (non-hydrogen) atoms. The number of nitrogens with one attached hydrogen (secondary N) is 2. The second-order valence-corrected chi connectivity index (χ2v) is 3.01. The summed E-state index contributed by atoms with van der Waals surface area (Å²) in [5.74, 6) is -0.389. The van der Waals surface area contributed by atoms with Crippen molar-refractivity contribution in [1.82, 2.24) is 10.6 Å². The zero-order valence-corrected chi connectivity index (χ0v) is 6.78. The van der Waals surface area contributed by atoms with Crippen LogP contribution in [-0.4, -0.2) is 11.9 Å². The molecule has 0 aliphatic carbocycles. The van der Waals surface area contributed by atoms with Gasteiger partial charge in [-0.05, 0) is 6.92 Å². The third kappa shape index (κ3) is 1.18. The summed E-state index contributed by atoms with van der Waals surface area (Å²) in [5.41, 5.74) is 0.282. The van der Waals surface area contributed by atoms with E-state index in [-0.39, 0.29) is 11.6 Å². The number of carbonyl (C=O) groups excluding carboxylic acids is 2. The van der Waals surface area contributed by atoms with Crippen LogP contribution < -0.4 is 10.6 Å². The Balaban J connectivity index is 2.93. The molecule has 1 rings (SSSR count). The third-order valence-corrected chi connectivity index (χ3v) is 1.43. The van der Waals surface area contributed by atoms with E-state index >= 15 is 0 Å². The summed E-state index contributed by atoms with van der Waals surface area (Å²) < 4.78 is 0.621. The summed E-state index contributed by atoms with van der Waals surface area (Å²) in [4.78, 5) is 21.2. The van der Waals surface area contributed by atoms with Gasteiger partial charge in [0.2, 0.25) is 0 Å². The molecule has 0 saturated carbocycles. The molecule has 0 atom stereocenters. The molecule has 1 aliphatic heterocycles. The molecule has 2 N–H and O–H groups in total. The first-order chi connectivity index (χ1) is 4.61. The Morgan fingerprint density at radius 1 is 1.40 bits per heavy atom. The lowest BCUT2D eigenvalue weighted by molar-refractivity contribution is -0.115. The quantitative estimate of drug-likeness (QED) is 0.445. The third-order valence-electron chi connectivity index (χ3n) is 1.04. The van der Waals surface area contributed by atoms with E-state index in [1.54, 1.807) is 6.92 Å². The Morgan fingerprint density at radius 3 is 2.20 bits per heavy atom. The van der Waals surface area contributed by atoms with Gasteiger partial charge in [0.25, 0.3) is 5.91 Å². The van der Waals surface area contributed by atoms with Gasteiger partial charge in [-0.3, -0.25) is 10.1 Å². The van der Waals surface area contributed by atoms with Gasteiger partial charge in [0.05, 0.1) is 0 Å². The van der Waals surface area contributed by atoms with Crippen molar-refractivity contribution in [2.24, 2.45) is 0 Å². The van der Waals surface area contributed by atoms with E-state index in [1.165, 1.54) is 0 Å². The van der Waals surface area contributed by atoms with Gasteiger partial charge in [-0.1, -0.05) is 15.9 Å². The summed E-state index contributed by atoms with van der Waals surface area (Å²) in [7, 11) is 0. The maximum atomic E-state index is 10.7. The van der Waals surface area contributed by atoms with E-state index in [0.717, 1.165) is 0 Å². The van der Waals surface area contributed by atoms with E-state index in [4.69, 9.17) is 0 Å². The monoisotopic (exact) mass is 204 g/mol. The van der Waals surface area contributed by atoms with Crippen LogP contribution in [0.4, 0.5) is 4.79 Å². The van der Waals surface area contributed by atoms with Crippen LogP contribution in [0, 0.1) is 0 Å². The highest BCUT2D eigenvalue weighted by molar-refractivity contribution is 9.11. The van der Waals surface area contributed by atoms with Gasteiger partial charge in [-0.15, -0.1) is 0 Å². The number of carbonyl (C=O) groups is 2. The van der Waals surface area contributed by atoms with Crippen LogP contribution >= 0.6 is 15.9 Å². The van der Waals surface area contributed by atoms with E-state index < -0.39 is 6.03 Å². The highest BCUT2D eigenvalue weighted by Crippen LogP contribution is 2.10. The highest BCUT2D eigenvalue weighted by Gasteiger charge is 2.23. The molecule has 5 heteroatoms. The molecule has 3 amide bonds. The Kier molecular flexibility index (Phi) is 1.76. The first-order valence-electron chi connectivity index (χ1n) is 2.60. The van der Waals surface area contributed by atoms with Crippen molar-refractivity contribution in [3.05, 3.63) is 10.2 Å². The molecule has 0 spiro atoms. The van der Waals surface area contributed by atoms with Crippen molar-refractivity contribution in [2.45, 2.75) is 6.92 Å². The average Bonchev–Trinajstić information content (AvgIpc) is 2.10. The van der Waals surface area contributed by atoms with Crippen LogP contribution in [0.5, 0.6) is 0 Å². The molecular formula is C5H5BrN2O2. The SMILES string of the molecule is C/C(Br)=C1/NC(=O)NC1=O. The molecule has 1 saturated heterocycles. The predicted molar refractivity (Wildman–Crippen MR) is 38.3 cm³/mol. The summed E-state index contributed by atoms with van der Waals surface area (Å²) in [6, 6.07) is -0.473. The maximum absolute atomic E-state index is 10.7. The number of rotatable bonds is 0. The number of urea groups is 1. The minimum absolute atomic E-state index is 0.282. The Hall–Kier alpha value is -0.840. The maximum Gasteiger partial charge on any atom is 0.326 e. The molecule has 0 bridgehead atoms. The largest absolute Gasteiger partial charge is 0.326 e. The average molecular weight is 205 g/mol. The molecule has 54 valence electrons. The molecule has 0 unspecified atom stereocenters. The number of halogens is 1. The summed E-state index contributed by atoms with van der Waals surface area (Å²) >= 11 is 3.07. The Morgan fingerprint density at radius 2 is 2.00 bits per heavy atom. The van der Waals surface area contributed by atoms with Crippen molar-refractivity contribution in [3.8, 4) is 0 Å². The minimum atomic E-state index is -0.473. The number of imide groups is 1. The number of hydrogen-bond donors (Lipinski definition) is 2. The van der Waals surface area contributed by atoms with Crippen molar-refractivity contribution in [3.63, 3.8) is 0 Å². The first-order valence-corrected chi connectivity index (χ1v) is 3.39. The standard InChI is InChI=1S/C5H5BrN2O2/c1-2(6)3-4(9)8-5(10)7-3/h1H3,(H2,7,8,9,10)/b3-2-. The highest BCUT2D eigenvalue weighted by atomic mass is 79.9. The van der Waals surface area contributed by atoms with Gasteiger partial charge < -0.3 is 5.32 Å². The molecule has 1 heterocycles. The fourth-order valence-corrected chi connectivity index (χ4v) is 0.889. The van der Waals surface area contributed by atoms with Crippen LogP contribution in [0.1, 0.15) is 6.92 Å². The summed E-state index contributed by atoms with van der Waals surface area (Å²) in [5, 5.41) is 4.41. The Labute approximate surface area is 65.8 Å². The van der Waals surface area contributed by atoms with Crippen molar-refractivity contribution >= 4 is 27.9 Å². The molecule has 0 radical (unpaired) electrons. The summed E-state index contributed by atoms with van der Waals surface area (Å²) in [6.07, 6.45) is 0. The smallest absolute Gasteiger partial charge is 0.302 e. The predicted octanol–water partition coefficient (Wildman–Crippen LogP) is 0.452. The van der Waals surface area contributed by atoms with Crippen LogP contribution in [0.15, 0.2) is 10.2 Å². The molecular weight excluding hydrogens is 200 g/mol. The Bertz CT molecular complexity index is 230. The molecule has 0 aromatic rings. The van der Waals surface area contributed by atoms with Crippen molar-refractivity contribution in [1.29, 1.82) is 0 Å². The number of allylic oxidation sites excluding steroid dienone is 1. The van der Waals surface area contributed by atoms with E-state index in [1.807, 2.05) is 0 Å². The molecule has 1 aliphatic rings. The van der Waals surface area contributed by atoms with E-state index in [0.29, 0.717) is 4.48 Å². The topological polar surface area (TPSA) is 58.2 Å². The van der Waals surface area contributed by atoms with Crippen molar-refractivity contribution in [2.75, 3.05) is 0 Å². The lowest BCUT2D eigenvalue weighted by Gasteiger charge is -1.91. The molecule has 4 nitrogen and oxygen atoms in total. The number of hydrogen-bond acceptors (Lipinski definition) is 2. The summed E-state index contributed by atoms with van der Waals surface area (Å²) in [6.45, 7) is 1.68. The normalized spacial score (nSPS) is 22.2. The zero-order chi connectivity index (χ0) is 7.72. The lowest BCUT2D eigenvalue weighted by atomic mass is 10.4. The van der Waals surface area contributed by atoms with Gasteiger partial charge >= 0.3 is 6.03 Å². The lowest BCUT2D eigenvalue weighted by Crippen LogP contribution is -2.22. The van der Waals surface area contributed by atoms with E-state index in [2.05, 4.69) is 26.6 Å². The second kappa shape index (κ2) is 2.42. The van der Waals surface area contributed by atoms with Gasteiger partial charge in [0.15, 0.2) is 0 Å². The molecule has 0 aromatic heterocycles. The van der Waals surface area contributed by atoms with Gasteiger partial charge in [0, 0.05) is 4.48 Å². The van der Waals surface area contributed by atoms with Gasteiger partial charge in [-0.2, -0.15) is 0 Å².